The molecule has 0 amide bonds. The van der Waals surface area contributed by atoms with Gasteiger partial charge >= 0.3 is 5.97 Å². The Morgan fingerprint density at radius 3 is 2.65 bits per heavy atom. The van der Waals surface area contributed by atoms with E-state index in [1.165, 1.54) is 0 Å². The number of hydrogen-bond acceptors (Lipinski definition) is 7. The quantitative estimate of drug-likeness (QED) is 0.644. The first-order chi connectivity index (χ1) is 12.4. The molecule has 8 nitrogen and oxygen atoms in total. The maximum atomic E-state index is 11.5. The molecule has 1 fully saturated rings. The summed E-state index contributed by atoms with van der Waals surface area (Å²) in [5, 5.41) is 23.6. The van der Waals surface area contributed by atoms with Gasteiger partial charge in [-0.3, -0.25) is 0 Å². The third kappa shape index (κ3) is 4.08. The molecule has 0 aromatic carbocycles. The van der Waals surface area contributed by atoms with Gasteiger partial charge in [0.2, 0.25) is 0 Å². The molecule has 0 aliphatic heterocycles. The molecule has 2 aromatic heterocycles. The number of nitrogens with two attached hydrogens (primary N) is 1. The van der Waals surface area contributed by atoms with Crippen molar-refractivity contribution in [2.24, 2.45) is 5.73 Å². The number of pyridine rings is 1. The van der Waals surface area contributed by atoms with Gasteiger partial charge in [-0.1, -0.05) is 18.9 Å². The lowest BCUT2D eigenvalue weighted by molar-refractivity contribution is 0.0690. The summed E-state index contributed by atoms with van der Waals surface area (Å²) in [6, 6.07) is 5.55. The largest absolute Gasteiger partial charge is 0.476 e. The number of aromatic nitrogens is 3. The van der Waals surface area contributed by atoms with Crippen LogP contribution < -0.4 is 16.4 Å². The van der Waals surface area contributed by atoms with Crippen LogP contribution in [0, 0.1) is 13.8 Å². The van der Waals surface area contributed by atoms with E-state index in [1.807, 2.05) is 19.9 Å². The van der Waals surface area contributed by atoms with Gasteiger partial charge in [0.1, 0.15) is 5.82 Å². The Balaban J connectivity index is 1.86. The van der Waals surface area contributed by atoms with Crippen LogP contribution in [0.4, 0.5) is 17.3 Å². The fraction of sp³-hybridized carbons (Fsp3) is 0.444. The summed E-state index contributed by atoms with van der Waals surface area (Å²) in [7, 11) is 0. The van der Waals surface area contributed by atoms with E-state index >= 15 is 0 Å². The maximum Gasteiger partial charge on any atom is 0.358 e. The highest BCUT2D eigenvalue weighted by Crippen LogP contribution is 2.24. The highest BCUT2D eigenvalue weighted by atomic mass is 16.4. The van der Waals surface area contributed by atoms with E-state index in [4.69, 9.17) is 5.73 Å². The number of carbonyl (C=O) groups is 1. The molecule has 1 aliphatic carbocycles. The summed E-state index contributed by atoms with van der Waals surface area (Å²) >= 11 is 0. The first-order valence-corrected chi connectivity index (χ1v) is 8.78. The third-order valence-corrected chi connectivity index (χ3v) is 4.76. The van der Waals surface area contributed by atoms with Crippen LogP contribution in [0.5, 0.6) is 0 Å². The Bertz CT molecular complexity index is 810. The Labute approximate surface area is 152 Å². The van der Waals surface area contributed by atoms with Crippen molar-refractivity contribution in [1.29, 1.82) is 0 Å². The maximum absolute atomic E-state index is 11.5. The molecular formula is C18H24N6O2. The molecule has 2 atom stereocenters. The molecule has 0 saturated heterocycles. The van der Waals surface area contributed by atoms with Gasteiger partial charge < -0.3 is 21.5 Å². The monoisotopic (exact) mass is 356 g/mol. The zero-order chi connectivity index (χ0) is 18.7. The molecule has 0 bridgehead atoms. The van der Waals surface area contributed by atoms with E-state index in [2.05, 4.69) is 25.8 Å². The summed E-state index contributed by atoms with van der Waals surface area (Å²) in [4.78, 5) is 15.9. The van der Waals surface area contributed by atoms with Crippen molar-refractivity contribution in [2.75, 3.05) is 10.6 Å². The fourth-order valence-electron chi connectivity index (χ4n) is 3.08. The average molecular weight is 356 g/mol. The SMILES string of the molecule is Cc1ccc(Nc2cc(N[C@@H]3CCCC[C@@H]3N)nnc2C(=O)O)nc1C. The molecule has 26 heavy (non-hydrogen) atoms. The Morgan fingerprint density at radius 1 is 1.19 bits per heavy atom. The smallest absolute Gasteiger partial charge is 0.358 e. The molecule has 1 saturated carbocycles. The minimum absolute atomic E-state index is 0.0579. The number of anilines is 3. The molecule has 2 heterocycles. The summed E-state index contributed by atoms with van der Waals surface area (Å²) in [5.74, 6) is -0.0858. The van der Waals surface area contributed by atoms with Crippen molar-refractivity contribution in [3.05, 3.63) is 35.2 Å². The Morgan fingerprint density at radius 2 is 1.96 bits per heavy atom. The lowest BCUT2D eigenvalue weighted by Crippen LogP contribution is -2.42. The van der Waals surface area contributed by atoms with Gasteiger partial charge in [-0.25, -0.2) is 9.78 Å². The van der Waals surface area contributed by atoms with E-state index < -0.39 is 5.97 Å². The molecule has 138 valence electrons. The highest BCUT2D eigenvalue weighted by molar-refractivity contribution is 5.93. The molecule has 5 N–H and O–H groups in total. The van der Waals surface area contributed by atoms with Crippen molar-refractivity contribution >= 4 is 23.3 Å². The summed E-state index contributed by atoms with van der Waals surface area (Å²) in [6.45, 7) is 3.87. The topological polar surface area (TPSA) is 126 Å². The standard InChI is InChI=1S/C18H24N6O2/c1-10-7-8-15(20-11(10)2)22-14-9-16(23-24-17(14)18(25)26)21-13-6-4-3-5-12(13)19/h7-9,12-13H,3-6,19H2,1-2H3,(H,25,26)(H2,20,21,22,23)/t12-,13+/m0/s1. The number of nitrogens with one attached hydrogen (secondary N) is 2. The zero-order valence-electron chi connectivity index (χ0n) is 15.0. The van der Waals surface area contributed by atoms with Gasteiger partial charge in [-0.15, -0.1) is 10.2 Å². The molecule has 3 rings (SSSR count). The van der Waals surface area contributed by atoms with Gasteiger partial charge in [-0.05, 0) is 38.3 Å². The van der Waals surface area contributed by atoms with Gasteiger partial charge in [0.05, 0.1) is 5.69 Å². The first kappa shape index (κ1) is 18.1. The summed E-state index contributed by atoms with van der Waals surface area (Å²) in [6.07, 6.45) is 4.18. The van der Waals surface area contributed by atoms with E-state index in [9.17, 15) is 9.90 Å². The first-order valence-electron chi connectivity index (χ1n) is 8.78. The number of rotatable bonds is 5. The molecule has 0 unspecified atom stereocenters. The number of aromatic carboxylic acids is 1. The number of nitrogens with zero attached hydrogens (tertiary/aromatic N) is 3. The van der Waals surface area contributed by atoms with Crippen LogP contribution in [0.15, 0.2) is 18.2 Å². The minimum Gasteiger partial charge on any atom is -0.476 e. The molecule has 8 heteroatoms. The lowest BCUT2D eigenvalue weighted by Gasteiger charge is -2.29. The van der Waals surface area contributed by atoms with E-state index in [1.54, 1.807) is 12.1 Å². The predicted octanol–water partition coefficient (Wildman–Crippen LogP) is 2.61. The van der Waals surface area contributed by atoms with Crippen LogP contribution >= 0.6 is 0 Å². The number of aryl methyl sites for hydroxylation is 2. The zero-order valence-corrected chi connectivity index (χ0v) is 15.0. The van der Waals surface area contributed by atoms with Crippen molar-refractivity contribution in [3.8, 4) is 0 Å². The van der Waals surface area contributed by atoms with E-state index in [0.29, 0.717) is 17.3 Å². The van der Waals surface area contributed by atoms with Crippen LogP contribution in [0.2, 0.25) is 0 Å². The Kier molecular flexibility index (Phi) is 5.32. The Hall–Kier alpha value is -2.74. The van der Waals surface area contributed by atoms with Crippen molar-refractivity contribution in [3.63, 3.8) is 0 Å². The van der Waals surface area contributed by atoms with Gasteiger partial charge in [0.25, 0.3) is 0 Å². The lowest BCUT2D eigenvalue weighted by atomic mass is 9.91. The molecule has 0 radical (unpaired) electrons. The van der Waals surface area contributed by atoms with Crippen LogP contribution in [-0.4, -0.2) is 38.3 Å². The van der Waals surface area contributed by atoms with Crippen molar-refractivity contribution in [2.45, 2.75) is 51.6 Å². The number of carboxylic acids is 1. The predicted molar refractivity (Wildman–Crippen MR) is 99.8 cm³/mol. The molecule has 0 spiro atoms. The van der Waals surface area contributed by atoms with Crippen molar-refractivity contribution in [1.82, 2.24) is 15.2 Å². The normalized spacial score (nSPS) is 19.8. The molecule has 1 aliphatic rings. The summed E-state index contributed by atoms with van der Waals surface area (Å²) in [5.41, 5.74) is 8.30. The number of carboxylic acid groups (broad SMARTS) is 1. The van der Waals surface area contributed by atoms with Crippen LogP contribution in [-0.2, 0) is 0 Å². The second-order valence-corrected chi connectivity index (χ2v) is 6.72. The molecular weight excluding hydrogens is 332 g/mol. The highest BCUT2D eigenvalue weighted by Gasteiger charge is 2.23. The van der Waals surface area contributed by atoms with Gasteiger partial charge in [0, 0.05) is 23.8 Å². The van der Waals surface area contributed by atoms with Crippen LogP contribution in [0.25, 0.3) is 0 Å². The van der Waals surface area contributed by atoms with Crippen LogP contribution in [0.1, 0.15) is 47.4 Å². The second-order valence-electron chi connectivity index (χ2n) is 6.72. The second kappa shape index (κ2) is 7.65. The van der Waals surface area contributed by atoms with E-state index in [-0.39, 0.29) is 17.8 Å². The third-order valence-electron chi connectivity index (χ3n) is 4.76. The summed E-state index contributed by atoms with van der Waals surface area (Å²) < 4.78 is 0. The minimum atomic E-state index is -1.15. The number of hydrogen-bond donors (Lipinski definition) is 4. The molecule has 2 aromatic rings. The average Bonchev–Trinajstić information content (AvgIpc) is 2.60. The van der Waals surface area contributed by atoms with Gasteiger partial charge in [0.15, 0.2) is 11.5 Å². The van der Waals surface area contributed by atoms with Crippen molar-refractivity contribution < 1.29 is 9.90 Å². The van der Waals surface area contributed by atoms with Gasteiger partial charge in [-0.2, -0.15) is 0 Å². The van der Waals surface area contributed by atoms with Crippen LogP contribution in [0.3, 0.4) is 0 Å². The van der Waals surface area contributed by atoms with E-state index in [0.717, 1.165) is 36.9 Å². The fourth-order valence-corrected chi connectivity index (χ4v) is 3.08.